The van der Waals surface area contributed by atoms with Crippen LogP contribution in [0, 0.1) is 0 Å². The first-order valence-corrected chi connectivity index (χ1v) is 5.60. The van der Waals surface area contributed by atoms with Gasteiger partial charge in [-0.05, 0) is 6.07 Å². The number of hydrogen-bond acceptors (Lipinski definition) is 4. The third-order valence-corrected chi connectivity index (χ3v) is 3.20. The molecular weight excluding hydrogens is 234 g/mol. The molecule has 0 aromatic heterocycles. The Morgan fingerprint density at radius 3 is 2.44 bits per heavy atom. The summed E-state index contributed by atoms with van der Waals surface area (Å²) in [6, 6.07) is 5.24. The Balaban J connectivity index is 2.39. The average molecular weight is 249 g/mol. The van der Waals surface area contributed by atoms with E-state index >= 15 is 0 Å². The quantitative estimate of drug-likeness (QED) is 0.755. The summed E-state index contributed by atoms with van der Waals surface area (Å²) in [5.41, 5.74) is 0.723. The highest BCUT2D eigenvalue weighted by molar-refractivity contribution is 6.06. The number of hydrogen-bond donors (Lipinski definition) is 0. The number of likely N-dealkylation sites (N-methyl/N-ethyl adjacent to an activating group) is 1. The van der Waals surface area contributed by atoms with Crippen LogP contribution in [0.4, 0.5) is 0 Å². The molecular formula is C13H15NO4. The minimum absolute atomic E-state index is 0.164. The lowest BCUT2D eigenvalue weighted by Gasteiger charge is -2.14. The number of rotatable bonds is 3. The highest BCUT2D eigenvalue weighted by Gasteiger charge is 2.38. The van der Waals surface area contributed by atoms with E-state index in [0.717, 1.165) is 10.5 Å². The molecule has 0 aliphatic carbocycles. The van der Waals surface area contributed by atoms with Gasteiger partial charge in [-0.15, -0.1) is 0 Å². The molecule has 2 amide bonds. The predicted octanol–water partition coefficient (Wildman–Crippen LogP) is 1.18. The van der Waals surface area contributed by atoms with Crippen LogP contribution in [-0.2, 0) is 9.59 Å². The Morgan fingerprint density at radius 1 is 1.22 bits per heavy atom. The van der Waals surface area contributed by atoms with Gasteiger partial charge in [0.25, 0.3) is 0 Å². The number of nitrogens with zero attached hydrogens (tertiary/aromatic N) is 1. The van der Waals surface area contributed by atoms with Crippen LogP contribution < -0.4 is 9.47 Å². The third-order valence-electron chi connectivity index (χ3n) is 3.20. The monoisotopic (exact) mass is 249 g/mol. The van der Waals surface area contributed by atoms with Crippen LogP contribution in [0.15, 0.2) is 18.2 Å². The predicted molar refractivity (Wildman–Crippen MR) is 64.7 cm³/mol. The van der Waals surface area contributed by atoms with Gasteiger partial charge >= 0.3 is 0 Å². The number of ether oxygens (including phenoxy) is 2. The zero-order valence-electron chi connectivity index (χ0n) is 10.6. The van der Waals surface area contributed by atoms with Crippen LogP contribution in [0.1, 0.15) is 17.9 Å². The number of methoxy groups -OCH3 is 2. The summed E-state index contributed by atoms with van der Waals surface area (Å²) in [5.74, 6) is 0.409. The zero-order chi connectivity index (χ0) is 13.3. The van der Waals surface area contributed by atoms with Crippen LogP contribution in [0.2, 0.25) is 0 Å². The summed E-state index contributed by atoms with van der Waals surface area (Å²) in [6.07, 6.45) is 0.192. The van der Waals surface area contributed by atoms with Gasteiger partial charge in [0.2, 0.25) is 11.8 Å². The summed E-state index contributed by atoms with van der Waals surface area (Å²) < 4.78 is 10.4. The van der Waals surface area contributed by atoms with Crippen molar-refractivity contribution in [1.29, 1.82) is 0 Å². The SMILES string of the molecule is COc1ccc(C2CC(=O)N(C)C2=O)c(OC)c1. The fourth-order valence-corrected chi connectivity index (χ4v) is 2.10. The summed E-state index contributed by atoms with van der Waals surface area (Å²) in [4.78, 5) is 24.6. The van der Waals surface area contributed by atoms with Gasteiger partial charge in [0, 0.05) is 25.1 Å². The second-order valence-corrected chi connectivity index (χ2v) is 4.16. The molecule has 1 heterocycles. The van der Waals surface area contributed by atoms with Gasteiger partial charge in [-0.25, -0.2) is 0 Å². The minimum atomic E-state index is -0.455. The van der Waals surface area contributed by atoms with Gasteiger partial charge in [0.15, 0.2) is 0 Å². The molecule has 0 N–H and O–H groups in total. The number of benzene rings is 1. The van der Waals surface area contributed by atoms with E-state index in [4.69, 9.17) is 9.47 Å². The first kappa shape index (κ1) is 12.4. The van der Waals surface area contributed by atoms with E-state index in [9.17, 15) is 9.59 Å². The number of carbonyl (C=O) groups is 2. The van der Waals surface area contributed by atoms with Crippen LogP contribution >= 0.6 is 0 Å². The molecule has 1 aromatic rings. The van der Waals surface area contributed by atoms with E-state index in [-0.39, 0.29) is 18.2 Å². The summed E-state index contributed by atoms with van der Waals surface area (Å²) in [6.45, 7) is 0. The normalized spacial score (nSPS) is 19.3. The Labute approximate surface area is 105 Å². The van der Waals surface area contributed by atoms with E-state index < -0.39 is 5.92 Å². The Kier molecular flexibility index (Phi) is 3.23. The maximum absolute atomic E-state index is 12.0. The summed E-state index contributed by atoms with van der Waals surface area (Å²) in [5, 5.41) is 0. The smallest absolute Gasteiger partial charge is 0.237 e. The van der Waals surface area contributed by atoms with Gasteiger partial charge in [0.05, 0.1) is 20.1 Å². The molecule has 1 saturated heterocycles. The van der Waals surface area contributed by atoms with Crippen LogP contribution in [0.3, 0.4) is 0 Å². The molecule has 1 atom stereocenters. The van der Waals surface area contributed by atoms with E-state index in [1.54, 1.807) is 25.3 Å². The largest absolute Gasteiger partial charge is 0.497 e. The van der Waals surface area contributed by atoms with Crippen LogP contribution in [0.5, 0.6) is 11.5 Å². The number of carbonyl (C=O) groups excluding carboxylic acids is 2. The highest BCUT2D eigenvalue weighted by atomic mass is 16.5. The Morgan fingerprint density at radius 2 is 1.94 bits per heavy atom. The van der Waals surface area contributed by atoms with Crippen molar-refractivity contribution in [2.45, 2.75) is 12.3 Å². The summed E-state index contributed by atoms with van der Waals surface area (Å²) in [7, 11) is 4.59. The van der Waals surface area contributed by atoms with Gasteiger partial charge in [-0.2, -0.15) is 0 Å². The minimum Gasteiger partial charge on any atom is -0.497 e. The van der Waals surface area contributed by atoms with Crippen molar-refractivity contribution in [2.75, 3.05) is 21.3 Å². The van der Waals surface area contributed by atoms with E-state index in [1.165, 1.54) is 14.2 Å². The lowest BCUT2D eigenvalue weighted by atomic mass is 9.96. The molecule has 0 bridgehead atoms. The van der Waals surface area contributed by atoms with E-state index in [0.29, 0.717) is 11.5 Å². The molecule has 1 unspecified atom stereocenters. The van der Waals surface area contributed by atoms with Crippen molar-refractivity contribution in [3.63, 3.8) is 0 Å². The fourth-order valence-electron chi connectivity index (χ4n) is 2.10. The van der Waals surface area contributed by atoms with Gasteiger partial charge in [-0.1, -0.05) is 6.07 Å². The first-order chi connectivity index (χ1) is 8.58. The molecule has 1 aliphatic rings. The maximum Gasteiger partial charge on any atom is 0.237 e. The van der Waals surface area contributed by atoms with E-state index in [2.05, 4.69) is 0 Å². The molecule has 1 aliphatic heterocycles. The van der Waals surface area contributed by atoms with Crippen LogP contribution in [0.25, 0.3) is 0 Å². The highest BCUT2D eigenvalue weighted by Crippen LogP contribution is 2.36. The zero-order valence-corrected chi connectivity index (χ0v) is 10.6. The van der Waals surface area contributed by atoms with Crippen molar-refractivity contribution in [2.24, 2.45) is 0 Å². The molecule has 96 valence electrons. The Bertz CT molecular complexity index is 498. The van der Waals surface area contributed by atoms with E-state index in [1.807, 2.05) is 0 Å². The van der Waals surface area contributed by atoms with Crippen molar-refractivity contribution >= 4 is 11.8 Å². The summed E-state index contributed by atoms with van der Waals surface area (Å²) >= 11 is 0. The molecule has 2 rings (SSSR count). The second kappa shape index (κ2) is 4.68. The van der Waals surface area contributed by atoms with Crippen LogP contribution in [-0.4, -0.2) is 38.0 Å². The fraction of sp³-hybridized carbons (Fsp3) is 0.385. The number of likely N-dealkylation sites (tertiary alicyclic amines) is 1. The molecule has 1 fully saturated rings. The molecule has 5 nitrogen and oxygen atoms in total. The van der Waals surface area contributed by atoms with Crippen molar-refractivity contribution in [3.05, 3.63) is 23.8 Å². The molecule has 0 saturated carbocycles. The van der Waals surface area contributed by atoms with Gasteiger partial charge < -0.3 is 9.47 Å². The molecule has 1 aromatic carbocycles. The molecule has 0 spiro atoms. The van der Waals surface area contributed by atoms with Gasteiger partial charge in [-0.3, -0.25) is 14.5 Å². The molecule has 0 radical (unpaired) electrons. The van der Waals surface area contributed by atoms with Gasteiger partial charge in [0.1, 0.15) is 11.5 Å². The third kappa shape index (κ3) is 1.92. The topological polar surface area (TPSA) is 55.8 Å². The van der Waals surface area contributed by atoms with Crippen molar-refractivity contribution < 1.29 is 19.1 Å². The molecule has 5 heteroatoms. The lowest BCUT2D eigenvalue weighted by molar-refractivity contribution is -0.137. The Hall–Kier alpha value is -2.04. The molecule has 18 heavy (non-hydrogen) atoms. The standard InChI is InChI=1S/C13H15NO4/c1-14-12(15)7-10(13(14)16)9-5-4-8(17-2)6-11(9)18-3/h4-6,10H,7H2,1-3H3. The lowest BCUT2D eigenvalue weighted by Crippen LogP contribution is -2.25. The van der Waals surface area contributed by atoms with Crippen molar-refractivity contribution in [3.8, 4) is 11.5 Å². The maximum atomic E-state index is 12.0. The first-order valence-electron chi connectivity index (χ1n) is 5.60. The average Bonchev–Trinajstić information content (AvgIpc) is 2.65. The number of imide groups is 1. The number of amides is 2. The second-order valence-electron chi connectivity index (χ2n) is 4.16. The van der Waals surface area contributed by atoms with Crippen molar-refractivity contribution in [1.82, 2.24) is 4.90 Å².